The first-order valence-electron chi connectivity index (χ1n) is 6.60. The lowest BCUT2D eigenvalue weighted by Gasteiger charge is -2.35. The Morgan fingerprint density at radius 3 is 2.16 bits per heavy atom. The lowest BCUT2D eigenvalue weighted by Crippen LogP contribution is -2.48. The average molecular weight is 263 g/mol. The van der Waals surface area contributed by atoms with Gasteiger partial charge in [-0.1, -0.05) is 39.0 Å². The molecule has 0 unspecified atom stereocenters. The van der Waals surface area contributed by atoms with Crippen molar-refractivity contribution >= 4 is 5.91 Å². The largest absolute Gasteiger partial charge is 0.394 e. The van der Waals surface area contributed by atoms with Crippen molar-refractivity contribution in [2.45, 2.75) is 45.6 Å². The van der Waals surface area contributed by atoms with Gasteiger partial charge in [0.15, 0.2) is 0 Å². The van der Waals surface area contributed by atoms with Crippen LogP contribution in [-0.2, 0) is 5.41 Å². The minimum Gasteiger partial charge on any atom is -0.394 e. The van der Waals surface area contributed by atoms with E-state index in [9.17, 15) is 9.90 Å². The van der Waals surface area contributed by atoms with Gasteiger partial charge in [-0.3, -0.25) is 4.79 Å². The molecular formula is C16H25NO2. The second kappa shape index (κ2) is 5.33. The van der Waals surface area contributed by atoms with Crippen LogP contribution in [0.25, 0.3) is 0 Å². The number of hydrogen-bond donors (Lipinski definition) is 1. The van der Waals surface area contributed by atoms with Crippen LogP contribution in [0.2, 0.25) is 0 Å². The third kappa shape index (κ3) is 3.35. The normalized spacial score (nSPS) is 12.4. The number of likely N-dealkylation sites (N-methyl/N-ethyl adjacent to an activating group) is 1. The summed E-state index contributed by atoms with van der Waals surface area (Å²) in [5, 5.41) is 9.40. The van der Waals surface area contributed by atoms with Crippen LogP contribution < -0.4 is 0 Å². The van der Waals surface area contributed by atoms with Gasteiger partial charge in [0.2, 0.25) is 0 Å². The molecule has 0 radical (unpaired) electrons. The summed E-state index contributed by atoms with van der Waals surface area (Å²) in [6.07, 6.45) is 0. The number of hydrogen-bond acceptors (Lipinski definition) is 2. The molecule has 1 aromatic carbocycles. The third-order valence-corrected chi connectivity index (χ3v) is 3.57. The summed E-state index contributed by atoms with van der Waals surface area (Å²) >= 11 is 0. The Labute approximate surface area is 116 Å². The van der Waals surface area contributed by atoms with Crippen molar-refractivity contribution < 1.29 is 9.90 Å². The van der Waals surface area contributed by atoms with Crippen LogP contribution >= 0.6 is 0 Å². The molecule has 0 aliphatic rings. The van der Waals surface area contributed by atoms with Gasteiger partial charge in [-0.05, 0) is 30.9 Å². The second-order valence-corrected chi connectivity index (χ2v) is 6.63. The van der Waals surface area contributed by atoms with Crippen molar-refractivity contribution in [2.24, 2.45) is 0 Å². The quantitative estimate of drug-likeness (QED) is 0.911. The van der Waals surface area contributed by atoms with Crippen molar-refractivity contribution in [3.8, 4) is 0 Å². The smallest absolute Gasteiger partial charge is 0.254 e. The van der Waals surface area contributed by atoms with Crippen molar-refractivity contribution in [1.29, 1.82) is 0 Å². The Balaban J connectivity index is 3.21. The molecule has 1 N–H and O–H groups in total. The van der Waals surface area contributed by atoms with E-state index < -0.39 is 5.54 Å². The van der Waals surface area contributed by atoms with Crippen LogP contribution in [0.15, 0.2) is 24.3 Å². The Hall–Kier alpha value is -1.35. The standard InChI is InChI=1S/C16H25NO2/c1-15(2,3)13-10-8-7-9-12(13)14(19)17(6)16(4,5)11-18/h7-10,18H,11H2,1-6H3. The van der Waals surface area contributed by atoms with E-state index in [-0.39, 0.29) is 17.9 Å². The number of carbonyl (C=O) groups excluding carboxylic acids is 1. The van der Waals surface area contributed by atoms with E-state index >= 15 is 0 Å². The number of benzene rings is 1. The van der Waals surface area contributed by atoms with E-state index in [1.54, 1.807) is 11.9 Å². The molecule has 1 rings (SSSR count). The van der Waals surface area contributed by atoms with E-state index in [0.717, 1.165) is 5.56 Å². The fraction of sp³-hybridized carbons (Fsp3) is 0.562. The van der Waals surface area contributed by atoms with Crippen LogP contribution in [0.4, 0.5) is 0 Å². The minimum atomic E-state index is -0.567. The van der Waals surface area contributed by atoms with Gasteiger partial charge in [-0.15, -0.1) is 0 Å². The van der Waals surface area contributed by atoms with E-state index in [2.05, 4.69) is 20.8 Å². The molecule has 0 saturated heterocycles. The molecule has 1 aromatic rings. The predicted molar refractivity (Wildman–Crippen MR) is 78.4 cm³/mol. The van der Waals surface area contributed by atoms with Gasteiger partial charge in [-0.2, -0.15) is 0 Å². The average Bonchev–Trinajstić information content (AvgIpc) is 2.36. The number of nitrogens with zero attached hydrogens (tertiary/aromatic N) is 1. The molecule has 3 heteroatoms. The summed E-state index contributed by atoms with van der Waals surface area (Å²) in [6, 6.07) is 7.68. The molecule has 0 atom stereocenters. The van der Waals surface area contributed by atoms with Gasteiger partial charge < -0.3 is 10.0 Å². The molecule has 0 bridgehead atoms. The lowest BCUT2D eigenvalue weighted by molar-refractivity contribution is 0.0471. The summed E-state index contributed by atoms with van der Waals surface area (Å²) in [4.78, 5) is 14.2. The molecule has 0 saturated carbocycles. The lowest BCUT2D eigenvalue weighted by atomic mass is 9.83. The maximum atomic E-state index is 12.6. The highest BCUT2D eigenvalue weighted by Gasteiger charge is 2.30. The minimum absolute atomic E-state index is 0.0513. The first-order chi connectivity index (χ1) is 8.61. The van der Waals surface area contributed by atoms with E-state index in [1.807, 2.05) is 38.1 Å². The zero-order valence-corrected chi connectivity index (χ0v) is 12.8. The highest BCUT2D eigenvalue weighted by Crippen LogP contribution is 2.27. The molecule has 0 fully saturated rings. The number of amides is 1. The van der Waals surface area contributed by atoms with Crippen LogP contribution in [0.3, 0.4) is 0 Å². The number of carbonyl (C=O) groups is 1. The maximum Gasteiger partial charge on any atom is 0.254 e. The van der Waals surface area contributed by atoms with Gasteiger partial charge in [-0.25, -0.2) is 0 Å². The molecular weight excluding hydrogens is 238 g/mol. The molecule has 0 aliphatic heterocycles. The molecule has 0 heterocycles. The zero-order valence-electron chi connectivity index (χ0n) is 12.8. The molecule has 3 nitrogen and oxygen atoms in total. The van der Waals surface area contributed by atoms with Gasteiger partial charge in [0.1, 0.15) is 0 Å². The predicted octanol–water partition coefficient (Wildman–Crippen LogP) is 2.83. The van der Waals surface area contributed by atoms with Crippen LogP contribution in [-0.4, -0.2) is 35.1 Å². The Kier molecular flexibility index (Phi) is 4.41. The van der Waals surface area contributed by atoms with Gasteiger partial charge in [0.25, 0.3) is 5.91 Å². The summed E-state index contributed by atoms with van der Waals surface area (Å²) in [7, 11) is 1.73. The van der Waals surface area contributed by atoms with E-state index in [4.69, 9.17) is 0 Å². The second-order valence-electron chi connectivity index (χ2n) is 6.63. The van der Waals surface area contributed by atoms with Gasteiger partial charge >= 0.3 is 0 Å². The van der Waals surface area contributed by atoms with Gasteiger partial charge in [0, 0.05) is 12.6 Å². The monoisotopic (exact) mass is 263 g/mol. The fourth-order valence-electron chi connectivity index (χ4n) is 1.89. The van der Waals surface area contributed by atoms with Gasteiger partial charge in [0.05, 0.1) is 12.1 Å². The van der Waals surface area contributed by atoms with Crippen molar-refractivity contribution in [2.75, 3.05) is 13.7 Å². The van der Waals surface area contributed by atoms with E-state index in [0.29, 0.717) is 5.56 Å². The highest BCUT2D eigenvalue weighted by atomic mass is 16.3. The topological polar surface area (TPSA) is 40.5 Å². The summed E-state index contributed by atoms with van der Waals surface area (Å²) in [6.45, 7) is 9.92. The Morgan fingerprint density at radius 2 is 1.68 bits per heavy atom. The first-order valence-corrected chi connectivity index (χ1v) is 6.60. The van der Waals surface area contributed by atoms with Crippen molar-refractivity contribution in [3.05, 3.63) is 35.4 Å². The molecule has 0 aromatic heterocycles. The number of rotatable bonds is 3. The van der Waals surface area contributed by atoms with Crippen molar-refractivity contribution in [1.82, 2.24) is 4.90 Å². The number of aliphatic hydroxyl groups is 1. The molecule has 19 heavy (non-hydrogen) atoms. The maximum absolute atomic E-state index is 12.6. The molecule has 0 spiro atoms. The molecule has 0 aliphatic carbocycles. The van der Waals surface area contributed by atoms with Crippen LogP contribution in [0.1, 0.15) is 50.5 Å². The Morgan fingerprint density at radius 1 is 1.16 bits per heavy atom. The van der Waals surface area contributed by atoms with Crippen LogP contribution in [0, 0.1) is 0 Å². The fourth-order valence-corrected chi connectivity index (χ4v) is 1.89. The Bertz CT molecular complexity index is 458. The summed E-state index contributed by atoms with van der Waals surface area (Å²) in [5.41, 5.74) is 1.08. The summed E-state index contributed by atoms with van der Waals surface area (Å²) < 4.78 is 0. The zero-order chi connectivity index (χ0) is 14.8. The number of aliphatic hydroxyl groups excluding tert-OH is 1. The van der Waals surface area contributed by atoms with Crippen LogP contribution in [0.5, 0.6) is 0 Å². The summed E-state index contributed by atoms with van der Waals surface area (Å²) in [5.74, 6) is -0.0513. The first kappa shape index (κ1) is 15.7. The molecule has 1 amide bonds. The third-order valence-electron chi connectivity index (χ3n) is 3.57. The highest BCUT2D eigenvalue weighted by molar-refractivity contribution is 5.96. The molecule has 106 valence electrons. The van der Waals surface area contributed by atoms with Crippen molar-refractivity contribution in [3.63, 3.8) is 0 Å². The van der Waals surface area contributed by atoms with E-state index in [1.165, 1.54) is 0 Å². The SMILES string of the molecule is CN(C(=O)c1ccccc1C(C)(C)C)C(C)(C)CO.